The summed E-state index contributed by atoms with van der Waals surface area (Å²) in [4.78, 5) is 17.6. The molecule has 5 nitrogen and oxygen atoms in total. The molecule has 1 aromatic rings. The van der Waals surface area contributed by atoms with Gasteiger partial charge in [-0.2, -0.15) is 0 Å². The van der Waals surface area contributed by atoms with Crippen molar-refractivity contribution in [2.75, 3.05) is 46.5 Å². The minimum Gasteiger partial charge on any atom is -0.493 e. The van der Waals surface area contributed by atoms with E-state index >= 15 is 0 Å². The first-order chi connectivity index (χ1) is 14.6. The molecule has 0 spiro atoms. The molecule has 1 fully saturated rings. The second kappa shape index (κ2) is 11.5. The lowest BCUT2D eigenvalue weighted by atomic mass is 9.81. The van der Waals surface area contributed by atoms with Crippen LogP contribution in [0.15, 0.2) is 36.4 Å². The molecule has 5 heteroatoms. The molecular weight excluding hydrogens is 376 g/mol. The van der Waals surface area contributed by atoms with Crippen molar-refractivity contribution in [2.45, 2.75) is 39.7 Å². The first-order valence-corrected chi connectivity index (χ1v) is 11.4. The highest BCUT2D eigenvalue weighted by atomic mass is 16.5. The van der Waals surface area contributed by atoms with Crippen LogP contribution in [0.3, 0.4) is 0 Å². The fraction of sp³-hybridized carbons (Fsp3) is 0.640. The first-order valence-electron chi connectivity index (χ1n) is 11.4. The van der Waals surface area contributed by atoms with Crippen LogP contribution in [0.4, 0.5) is 0 Å². The number of allylic oxidation sites excluding steroid dienone is 1. The van der Waals surface area contributed by atoms with Gasteiger partial charge < -0.3 is 14.4 Å². The Morgan fingerprint density at radius 3 is 2.63 bits per heavy atom. The molecule has 0 bridgehead atoms. The van der Waals surface area contributed by atoms with E-state index in [1.165, 1.54) is 5.56 Å². The number of piperidine rings is 1. The third-order valence-corrected chi connectivity index (χ3v) is 6.22. The average Bonchev–Trinajstić information content (AvgIpc) is 2.93. The largest absolute Gasteiger partial charge is 0.493 e. The van der Waals surface area contributed by atoms with Gasteiger partial charge in [0.1, 0.15) is 5.75 Å². The number of carbonyl (C=O) groups excluding carboxylic acids is 1. The molecule has 0 aromatic heterocycles. The van der Waals surface area contributed by atoms with E-state index in [2.05, 4.69) is 49.1 Å². The number of amides is 1. The van der Waals surface area contributed by atoms with Crippen LogP contribution in [0, 0.1) is 17.8 Å². The highest BCUT2D eigenvalue weighted by molar-refractivity contribution is 5.80. The molecule has 30 heavy (non-hydrogen) atoms. The second-order valence-electron chi connectivity index (χ2n) is 9.02. The Hall–Kier alpha value is -1.85. The Bertz CT molecular complexity index is 695. The van der Waals surface area contributed by atoms with Gasteiger partial charge in [-0.05, 0) is 50.3 Å². The van der Waals surface area contributed by atoms with Crippen molar-refractivity contribution in [2.24, 2.45) is 17.8 Å². The van der Waals surface area contributed by atoms with Gasteiger partial charge in [0.05, 0.1) is 13.2 Å². The Morgan fingerprint density at radius 1 is 1.13 bits per heavy atom. The molecule has 1 amide bonds. The summed E-state index contributed by atoms with van der Waals surface area (Å²) in [6.45, 7) is 10.1. The lowest BCUT2D eigenvalue weighted by molar-refractivity contribution is -0.137. The molecule has 1 unspecified atom stereocenters. The number of carbonyl (C=O) groups is 1. The summed E-state index contributed by atoms with van der Waals surface area (Å²) < 4.78 is 11.2. The van der Waals surface area contributed by atoms with E-state index in [1.54, 1.807) is 7.11 Å². The van der Waals surface area contributed by atoms with Gasteiger partial charge in [0.2, 0.25) is 5.91 Å². The molecule has 3 rings (SSSR count). The van der Waals surface area contributed by atoms with Crippen molar-refractivity contribution in [3.05, 3.63) is 42.0 Å². The van der Waals surface area contributed by atoms with Crippen LogP contribution in [0.2, 0.25) is 0 Å². The summed E-state index contributed by atoms with van der Waals surface area (Å²) in [5.74, 6) is 2.41. The van der Waals surface area contributed by atoms with Crippen LogP contribution in [-0.4, -0.2) is 62.2 Å². The normalized spacial score (nSPS) is 21.3. The van der Waals surface area contributed by atoms with E-state index in [0.717, 1.165) is 51.3 Å². The Morgan fingerprint density at radius 2 is 1.90 bits per heavy atom. The van der Waals surface area contributed by atoms with Gasteiger partial charge in [0.15, 0.2) is 0 Å². The topological polar surface area (TPSA) is 42.0 Å². The Kier molecular flexibility index (Phi) is 8.76. The van der Waals surface area contributed by atoms with E-state index in [-0.39, 0.29) is 5.92 Å². The van der Waals surface area contributed by atoms with Crippen LogP contribution < -0.4 is 4.74 Å². The minimum absolute atomic E-state index is 0.115. The molecular formula is C25H38N2O3. The number of benzene rings is 1. The monoisotopic (exact) mass is 414 g/mol. The maximum Gasteiger partial charge on any atom is 0.226 e. The van der Waals surface area contributed by atoms with E-state index in [1.807, 2.05) is 11.0 Å². The predicted octanol–water partition coefficient (Wildman–Crippen LogP) is 3.98. The molecule has 0 N–H and O–H groups in total. The van der Waals surface area contributed by atoms with Crippen molar-refractivity contribution in [3.63, 3.8) is 0 Å². The van der Waals surface area contributed by atoms with Crippen molar-refractivity contribution in [1.82, 2.24) is 9.80 Å². The number of rotatable bonds is 9. The highest BCUT2D eigenvalue weighted by Crippen LogP contribution is 2.32. The van der Waals surface area contributed by atoms with E-state index in [9.17, 15) is 4.79 Å². The van der Waals surface area contributed by atoms with Crippen LogP contribution >= 0.6 is 0 Å². The van der Waals surface area contributed by atoms with E-state index in [0.29, 0.717) is 37.4 Å². The summed E-state index contributed by atoms with van der Waals surface area (Å²) in [5, 5.41) is 0. The molecule has 0 saturated carbocycles. The average molecular weight is 415 g/mol. The molecule has 166 valence electrons. The van der Waals surface area contributed by atoms with E-state index in [4.69, 9.17) is 9.47 Å². The molecule has 2 aliphatic rings. The number of ether oxygens (including phenoxy) is 2. The van der Waals surface area contributed by atoms with Gasteiger partial charge in [-0.15, -0.1) is 0 Å². The van der Waals surface area contributed by atoms with Crippen molar-refractivity contribution < 1.29 is 14.3 Å². The standard InChI is InChI=1S/C25H38N2O3/c1-20(2)19-30-24-10-5-4-8-22(24)18-26-14-11-21(12-15-26)23-9-6-7-13-27(25(23)28)16-17-29-3/h4-8,10,20-21,23H,9,11-19H2,1-3H3. The van der Waals surface area contributed by atoms with E-state index < -0.39 is 0 Å². The predicted molar refractivity (Wildman–Crippen MR) is 120 cm³/mol. The van der Waals surface area contributed by atoms with Crippen molar-refractivity contribution in [3.8, 4) is 5.75 Å². The molecule has 0 radical (unpaired) electrons. The summed E-state index contributed by atoms with van der Waals surface area (Å²) in [6, 6.07) is 8.39. The third-order valence-electron chi connectivity index (χ3n) is 6.22. The maximum absolute atomic E-state index is 13.1. The maximum atomic E-state index is 13.1. The molecule has 1 atom stereocenters. The lowest BCUT2D eigenvalue weighted by Crippen LogP contribution is -2.43. The zero-order valence-corrected chi connectivity index (χ0v) is 18.9. The van der Waals surface area contributed by atoms with Gasteiger partial charge >= 0.3 is 0 Å². The summed E-state index contributed by atoms with van der Waals surface area (Å²) in [6.07, 6.45) is 7.37. The first kappa shape index (κ1) is 22.8. The fourth-order valence-electron chi connectivity index (χ4n) is 4.45. The second-order valence-corrected chi connectivity index (χ2v) is 9.02. The highest BCUT2D eigenvalue weighted by Gasteiger charge is 2.34. The van der Waals surface area contributed by atoms with Gasteiger partial charge in [-0.3, -0.25) is 9.69 Å². The number of methoxy groups -OCH3 is 1. The quantitative estimate of drug-likeness (QED) is 0.573. The Labute approximate surface area is 182 Å². The van der Waals surface area contributed by atoms with Crippen LogP contribution in [0.25, 0.3) is 0 Å². The van der Waals surface area contributed by atoms with Crippen molar-refractivity contribution in [1.29, 1.82) is 0 Å². The lowest BCUT2D eigenvalue weighted by Gasteiger charge is -2.36. The Balaban J connectivity index is 1.55. The molecule has 2 aliphatic heterocycles. The van der Waals surface area contributed by atoms with Gasteiger partial charge in [-0.1, -0.05) is 44.2 Å². The number of hydrogen-bond acceptors (Lipinski definition) is 4. The smallest absolute Gasteiger partial charge is 0.226 e. The van der Waals surface area contributed by atoms with Gasteiger partial charge in [0.25, 0.3) is 0 Å². The van der Waals surface area contributed by atoms with Gasteiger partial charge in [-0.25, -0.2) is 0 Å². The number of hydrogen-bond donors (Lipinski definition) is 0. The zero-order chi connectivity index (χ0) is 21.3. The van der Waals surface area contributed by atoms with Gasteiger partial charge in [0, 0.05) is 38.2 Å². The van der Waals surface area contributed by atoms with Crippen molar-refractivity contribution >= 4 is 5.91 Å². The summed E-state index contributed by atoms with van der Waals surface area (Å²) in [5.41, 5.74) is 1.26. The number of likely N-dealkylation sites (tertiary alicyclic amines) is 1. The van der Waals surface area contributed by atoms with Crippen LogP contribution in [0.1, 0.15) is 38.7 Å². The minimum atomic E-state index is 0.115. The van der Waals surface area contributed by atoms with Crippen LogP contribution in [-0.2, 0) is 16.1 Å². The molecule has 0 aliphatic carbocycles. The molecule has 1 aromatic carbocycles. The number of para-hydroxylation sites is 1. The summed E-state index contributed by atoms with van der Waals surface area (Å²) in [7, 11) is 1.69. The third kappa shape index (κ3) is 6.32. The molecule has 2 heterocycles. The van der Waals surface area contributed by atoms with Crippen LogP contribution in [0.5, 0.6) is 5.75 Å². The number of nitrogens with zero attached hydrogens (tertiary/aromatic N) is 2. The fourth-order valence-corrected chi connectivity index (χ4v) is 4.45. The molecule has 1 saturated heterocycles. The summed E-state index contributed by atoms with van der Waals surface area (Å²) >= 11 is 0. The SMILES string of the molecule is COCCN1CC=CCC(C2CCN(Cc3ccccc3OCC(C)C)CC2)C1=O. The zero-order valence-electron chi connectivity index (χ0n) is 18.9.